The maximum atomic E-state index is 11.8. The number of hydrogen-bond donors (Lipinski definition) is 1. The molecule has 0 aliphatic carbocycles. The fourth-order valence-corrected chi connectivity index (χ4v) is 3.28. The van der Waals surface area contributed by atoms with Crippen molar-refractivity contribution < 1.29 is 4.79 Å². The Hall–Kier alpha value is -1.26. The SMILES string of the molecule is O=C1C(NCc2ccccc2)[C@H]2SCC=CN12. The molecule has 1 fully saturated rings. The minimum absolute atomic E-state index is 0.0230. The Bertz CT molecular complexity index is 446. The molecule has 2 atom stereocenters. The summed E-state index contributed by atoms with van der Waals surface area (Å²) in [6.07, 6.45) is 3.94. The van der Waals surface area contributed by atoms with Crippen LogP contribution in [0.15, 0.2) is 42.6 Å². The molecule has 2 aliphatic heterocycles. The second-order valence-corrected chi connectivity index (χ2v) is 5.35. The first kappa shape index (κ1) is 10.9. The van der Waals surface area contributed by atoms with Crippen LogP contribution in [0.2, 0.25) is 0 Å². The lowest BCUT2D eigenvalue weighted by Gasteiger charge is -2.46. The zero-order valence-electron chi connectivity index (χ0n) is 9.37. The van der Waals surface area contributed by atoms with Gasteiger partial charge in [0.05, 0.1) is 0 Å². The van der Waals surface area contributed by atoms with Crippen LogP contribution in [-0.2, 0) is 11.3 Å². The maximum Gasteiger partial charge on any atom is 0.247 e. The maximum absolute atomic E-state index is 11.8. The van der Waals surface area contributed by atoms with Gasteiger partial charge in [0.2, 0.25) is 5.91 Å². The van der Waals surface area contributed by atoms with Gasteiger partial charge in [-0.05, 0) is 5.56 Å². The minimum atomic E-state index is -0.0230. The summed E-state index contributed by atoms with van der Waals surface area (Å²) in [6, 6.07) is 10.2. The zero-order valence-corrected chi connectivity index (χ0v) is 10.2. The van der Waals surface area contributed by atoms with Gasteiger partial charge in [0.25, 0.3) is 0 Å². The number of nitrogens with one attached hydrogen (secondary N) is 1. The molecule has 0 spiro atoms. The lowest BCUT2D eigenvalue weighted by Crippen LogP contribution is -2.67. The van der Waals surface area contributed by atoms with E-state index < -0.39 is 0 Å². The molecule has 3 nitrogen and oxygen atoms in total. The van der Waals surface area contributed by atoms with E-state index in [2.05, 4.69) is 17.4 Å². The number of β-lactam (4-membered cyclic amide) rings is 1. The molecular weight excluding hydrogens is 232 g/mol. The van der Waals surface area contributed by atoms with E-state index in [0.29, 0.717) is 0 Å². The van der Waals surface area contributed by atoms with Crippen molar-refractivity contribution in [1.82, 2.24) is 10.2 Å². The van der Waals surface area contributed by atoms with Gasteiger partial charge < -0.3 is 4.90 Å². The highest BCUT2D eigenvalue weighted by molar-refractivity contribution is 8.00. The summed E-state index contributed by atoms with van der Waals surface area (Å²) < 4.78 is 0. The fourth-order valence-electron chi connectivity index (χ4n) is 2.14. The molecule has 0 saturated carbocycles. The van der Waals surface area contributed by atoms with Crippen molar-refractivity contribution in [1.29, 1.82) is 0 Å². The van der Waals surface area contributed by atoms with Gasteiger partial charge in [-0.3, -0.25) is 10.1 Å². The Morgan fingerprint density at radius 3 is 3.00 bits per heavy atom. The summed E-state index contributed by atoms with van der Waals surface area (Å²) in [6.45, 7) is 0.756. The number of fused-ring (bicyclic) bond motifs is 1. The fraction of sp³-hybridized carbons (Fsp3) is 0.308. The predicted molar refractivity (Wildman–Crippen MR) is 69.3 cm³/mol. The second kappa shape index (κ2) is 4.55. The number of carbonyl (C=O) groups is 1. The molecule has 2 aliphatic rings. The number of thioether (sulfide) groups is 1. The summed E-state index contributed by atoms with van der Waals surface area (Å²) in [5.74, 6) is 1.19. The molecule has 88 valence electrons. The van der Waals surface area contributed by atoms with Crippen LogP contribution in [0.25, 0.3) is 0 Å². The third-order valence-electron chi connectivity index (χ3n) is 3.08. The number of amides is 1. The summed E-state index contributed by atoms with van der Waals surface area (Å²) in [5, 5.41) is 3.63. The van der Waals surface area contributed by atoms with Gasteiger partial charge >= 0.3 is 0 Å². The van der Waals surface area contributed by atoms with Gasteiger partial charge in [-0.15, -0.1) is 11.8 Å². The van der Waals surface area contributed by atoms with Gasteiger partial charge in [-0.1, -0.05) is 36.4 Å². The topological polar surface area (TPSA) is 32.3 Å². The molecule has 1 saturated heterocycles. The standard InChI is InChI=1S/C13H14N2OS/c16-12-11(13-15(12)7-4-8-17-13)14-9-10-5-2-1-3-6-10/h1-7,11,13-14H,8-9H2/t11?,13-/m1/s1. The van der Waals surface area contributed by atoms with Crippen molar-refractivity contribution >= 4 is 17.7 Å². The Balaban J connectivity index is 1.60. The first-order valence-corrected chi connectivity index (χ1v) is 6.79. The molecule has 1 aromatic carbocycles. The van der Waals surface area contributed by atoms with Gasteiger partial charge in [0, 0.05) is 18.5 Å². The van der Waals surface area contributed by atoms with E-state index >= 15 is 0 Å². The summed E-state index contributed by atoms with van der Waals surface area (Å²) in [7, 11) is 0. The summed E-state index contributed by atoms with van der Waals surface area (Å²) >= 11 is 1.82. The largest absolute Gasteiger partial charge is 0.303 e. The first-order chi connectivity index (χ1) is 8.36. The van der Waals surface area contributed by atoms with Gasteiger partial charge in [0.15, 0.2) is 0 Å². The van der Waals surface area contributed by atoms with E-state index in [9.17, 15) is 4.79 Å². The third kappa shape index (κ3) is 1.98. The van der Waals surface area contributed by atoms with E-state index in [1.807, 2.05) is 47.1 Å². The summed E-state index contributed by atoms with van der Waals surface area (Å²) in [4.78, 5) is 13.6. The number of rotatable bonds is 3. The van der Waals surface area contributed by atoms with Crippen molar-refractivity contribution in [3.8, 4) is 0 Å². The summed E-state index contributed by atoms with van der Waals surface area (Å²) in [5.41, 5.74) is 1.22. The molecule has 0 aromatic heterocycles. The van der Waals surface area contributed by atoms with Crippen LogP contribution in [0.3, 0.4) is 0 Å². The number of hydrogen-bond acceptors (Lipinski definition) is 3. The molecule has 2 heterocycles. The minimum Gasteiger partial charge on any atom is -0.303 e. The second-order valence-electron chi connectivity index (χ2n) is 4.20. The first-order valence-electron chi connectivity index (χ1n) is 5.74. The highest BCUT2D eigenvalue weighted by Crippen LogP contribution is 2.33. The lowest BCUT2D eigenvalue weighted by atomic mass is 10.1. The average molecular weight is 246 g/mol. The van der Waals surface area contributed by atoms with E-state index in [1.165, 1.54) is 5.56 Å². The molecule has 1 N–H and O–H groups in total. The van der Waals surface area contributed by atoms with E-state index in [-0.39, 0.29) is 17.3 Å². The zero-order chi connectivity index (χ0) is 11.7. The highest BCUT2D eigenvalue weighted by Gasteiger charge is 2.47. The Morgan fingerprint density at radius 1 is 1.35 bits per heavy atom. The molecule has 3 rings (SSSR count). The molecule has 17 heavy (non-hydrogen) atoms. The van der Waals surface area contributed by atoms with Crippen LogP contribution in [0, 0.1) is 0 Å². The van der Waals surface area contributed by atoms with Crippen LogP contribution < -0.4 is 5.32 Å². The van der Waals surface area contributed by atoms with Crippen molar-refractivity contribution in [3.63, 3.8) is 0 Å². The quantitative estimate of drug-likeness (QED) is 0.822. The molecule has 1 aromatic rings. The Labute approximate surface area is 105 Å². The molecule has 0 bridgehead atoms. The van der Waals surface area contributed by atoms with Gasteiger partial charge in [-0.25, -0.2) is 0 Å². The van der Waals surface area contributed by atoms with Crippen LogP contribution >= 0.6 is 11.8 Å². The molecular formula is C13H14N2OS. The Morgan fingerprint density at radius 2 is 2.18 bits per heavy atom. The van der Waals surface area contributed by atoms with Crippen LogP contribution in [0.1, 0.15) is 5.56 Å². The smallest absolute Gasteiger partial charge is 0.247 e. The molecule has 4 heteroatoms. The van der Waals surface area contributed by atoms with E-state index in [4.69, 9.17) is 0 Å². The lowest BCUT2D eigenvalue weighted by molar-refractivity contribution is -0.141. The monoisotopic (exact) mass is 246 g/mol. The van der Waals surface area contributed by atoms with Gasteiger partial charge in [-0.2, -0.15) is 0 Å². The predicted octanol–water partition coefficient (Wildman–Crippen LogP) is 1.57. The number of nitrogens with zero attached hydrogens (tertiary/aromatic N) is 1. The van der Waals surface area contributed by atoms with Crippen LogP contribution in [0.5, 0.6) is 0 Å². The van der Waals surface area contributed by atoms with Crippen molar-refractivity contribution in [2.45, 2.75) is 18.0 Å². The van der Waals surface area contributed by atoms with Crippen LogP contribution in [0.4, 0.5) is 0 Å². The average Bonchev–Trinajstić information content (AvgIpc) is 2.40. The van der Waals surface area contributed by atoms with Crippen LogP contribution in [-0.4, -0.2) is 28.0 Å². The highest BCUT2D eigenvalue weighted by atomic mass is 32.2. The van der Waals surface area contributed by atoms with Crippen molar-refractivity contribution in [2.75, 3.05) is 5.75 Å². The number of carbonyl (C=O) groups excluding carboxylic acids is 1. The van der Waals surface area contributed by atoms with E-state index in [0.717, 1.165) is 12.3 Å². The normalized spacial score (nSPS) is 26.6. The molecule has 1 unspecified atom stereocenters. The van der Waals surface area contributed by atoms with E-state index in [1.54, 1.807) is 0 Å². The third-order valence-corrected chi connectivity index (χ3v) is 4.30. The Kier molecular flexibility index (Phi) is 2.91. The van der Waals surface area contributed by atoms with Crippen molar-refractivity contribution in [2.24, 2.45) is 0 Å². The van der Waals surface area contributed by atoms with Gasteiger partial charge in [0.1, 0.15) is 11.4 Å². The molecule has 0 radical (unpaired) electrons. The van der Waals surface area contributed by atoms with Crippen molar-refractivity contribution in [3.05, 3.63) is 48.2 Å². The number of benzene rings is 1. The molecule has 1 amide bonds.